The zero-order valence-corrected chi connectivity index (χ0v) is 11.9. The van der Waals surface area contributed by atoms with Gasteiger partial charge in [0.05, 0.1) is 0 Å². The molecule has 0 aromatic heterocycles. The van der Waals surface area contributed by atoms with Gasteiger partial charge in [-0.25, -0.2) is 0 Å². The van der Waals surface area contributed by atoms with Gasteiger partial charge in [-0.2, -0.15) is 0 Å². The quantitative estimate of drug-likeness (QED) is 0.810. The van der Waals surface area contributed by atoms with Gasteiger partial charge in [0.25, 0.3) is 5.91 Å². The van der Waals surface area contributed by atoms with E-state index < -0.39 is 5.60 Å². The van der Waals surface area contributed by atoms with E-state index in [-0.39, 0.29) is 11.9 Å². The maximum absolute atomic E-state index is 12.2. The molecule has 0 radical (unpaired) electrons. The Morgan fingerprint density at radius 1 is 1.60 bits per heavy atom. The molecule has 1 amide bonds. The zero-order valence-electron chi connectivity index (χ0n) is 11.9. The third-order valence-corrected chi connectivity index (χ3v) is 4.25. The molecular formula is C16H20N2O2. The van der Waals surface area contributed by atoms with Crippen molar-refractivity contribution in [1.29, 1.82) is 0 Å². The van der Waals surface area contributed by atoms with Crippen LogP contribution < -0.4 is 5.32 Å². The van der Waals surface area contributed by atoms with Crippen LogP contribution in [0.4, 0.5) is 5.69 Å². The van der Waals surface area contributed by atoms with Crippen LogP contribution in [-0.2, 0) is 16.9 Å². The summed E-state index contributed by atoms with van der Waals surface area (Å²) in [7, 11) is 0. The average molecular weight is 272 g/mol. The highest BCUT2D eigenvalue weighted by atomic mass is 16.3. The molecule has 20 heavy (non-hydrogen) atoms. The second-order valence-electron chi connectivity index (χ2n) is 6.07. The maximum atomic E-state index is 12.2. The van der Waals surface area contributed by atoms with Crippen molar-refractivity contribution >= 4 is 11.6 Å². The van der Waals surface area contributed by atoms with Gasteiger partial charge in [-0.3, -0.25) is 9.69 Å². The summed E-state index contributed by atoms with van der Waals surface area (Å²) in [5, 5.41) is 13.7. The molecule has 1 aromatic rings. The van der Waals surface area contributed by atoms with Crippen molar-refractivity contribution < 1.29 is 9.90 Å². The Bertz CT molecular complexity index is 596. The molecule has 2 aliphatic rings. The Morgan fingerprint density at radius 2 is 2.35 bits per heavy atom. The van der Waals surface area contributed by atoms with Gasteiger partial charge < -0.3 is 10.4 Å². The van der Waals surface area contributed by atoms with Crippen molar-refractivity contribution in [2.75, 3.05) is 11.9 Å². The maximum Gasteiger partial charge on any atom is 0.261 e. The third kappa shape index (κ3) is 1.87. The molecule has 0 saturated carbocycles. The molecule has 1 aromatic carbocycles. The second kappa shape index (κ2) is 4.43. The van der Waals surface area contributed by atoms with Crippen LogP contribution in [0.5, 0.6) is 0 Å². The van der Waals surface area contributed by atoms with Crippen LogP contribution in [0.1, 0.15) is 31.4 Å². The third-order valence-electron chi connectivity index (χ3n) is 4.25. The van der Waals surface area contributed by atoms with Crippen molar-refractivity contribution in [2.24, 2.45) is 0 Å². The predicted octanol–water partition coefficient (Wildman–Crippen LogP) is 2.00. The summed E-state index contributed by atoms with van der Waals surface area (Å²) in [5.41, 5.74) is 2.23. The lowest BCUT2D eigenvalue weighted by Crippen LogP contribution is -2.40. The van der Waals surface area contributed by atoms with Gasteiger partial charge in [-0.15, -0.1) is 0 Å². The van der Waals surface area contributed by atoms with Crippen LogP contribution in [0.15, 0.2) is 30.4 Å². The molecule has 0 bridgehead atoms. The summed E-state index contributed by atoms with van der Waals surface area (Å²) in [6.07, 6.45) is 0.413. The van der Waals surface area contributed by atoms with E-state index in [2.05, 4.69) is 23.7 Å². The number of carbonyl (C=O) groups excluding carboxylic acids is 1. The summed E-state index contributed by atoms with van der Waals surface area (Å²) >= 11 is 0. The number of hydrogen-bond acceptors (Lipinski definition) is 3. The average Bonchev–Trinajstić information content (AvgIpc) is 2.54. The van der Waals surface area contributed by atoms with E-state index in [1.165, 1.54) is 0 Å². The number of benzene rings is 1. The topological polar surface area (TPSA) is 52.6 Å². The molecule has 4 nitrogen and oxygen atoms in total. The Labute approximate surface area is 119 Å². The number of nitrogens with zero attached hydrogens (tertiary/aromatic N) is 1. The molecule has 2 N–H and O–H groups in total. The van der Waals surface area contributed by atoms with Gasteiger partial charge in [0.15, 0.2) is 5.60 Å². The summed E-state index contributed by atoms with van der Waals surface area (Å²) in [4.78, 5) is 14.5. The number of carbonyl (C=O) groups is 1. The van der Waals surface area contributed by atoms with Crippen molar-refractivity contribution in [3.8, 4) is 0 Å². The van der Waals surface area contributed by atoms with Gasteiger partial charge in [0.1, 0.15) is 0 Å². The second-order valence-corrected chi connectivity index (χ2v) is 6.07. The molecule has 0 aliphatic carbocycles. The number of hydrogen-bond donors (Lipinski definition) is 2. The normalized spacial score (nSPS) is 28.8. The molecule has 0 saturated heterocycles. The molecule has 0 fully saturated rings. The standard InChI is InChI=1S/C16H20N2O2/c1-10(2)8-18-9-12-5-4-6-13-14(12)16(20,7-11(18)3)15(19)17-13/h4-6,11,20H,1,7-9H2,2-3H3,(H,17,19). The van der Waals surface area contributed by atoms with Crippen LogP contribution in [0, 0.1) is 0 Å². The molecule has 2 aliphatic heterocycles. The highest BCUT2D eigenvalue weighted by Crippen LogP contribution is 2.44. The first-order valence-electron chi connectivity index (χ1n) is 6.96. The Balaban J connectivity index is 2.09. The number of amides is 1. The van der Waals surface area contributed by atoms with E-state index >= 15 is 0 Å². The lowest BCUT2D eigenvalue weighted by atomic mass is 9.87. The van der Waals surface area contributed by atoms with Gasteiger partial charge in [-0.05, 0) is 25.5 Å². The van der Waals surface area contributed by atoms with Crippen molar-refractivity contribution in [3.63, 3.8) is 0 Å². The lowest BCUT2D eigenvalue weighted by Gasteiger charge is -2.29. The monoisotopic (exact) mass is 272 g/mol. The van der Waals surface area contributed by atoms with Crippen LogP contribution in [-0.4, -0.2) is 28.5 Å². The molecular weight excluding hydrogens is 252 g/mol. The van der Waals surface area contributed by atoms with Crippen LogP contribution in [0.3, 0.4) is 0 Å². The molecule has 2 heterocycles. The largest absolute Gasteiger partial charge is 0.375 e. The summed E-state index contributed by atoms with van der Waals surface area (Å²) in [6, 6.07) is 5.89. The van der Waals surface area contributed by atoms with E-state index in [0.717, 1.165) is 35.5 Å². The predicted molar refractivity (Wildman–Crippen MR) is 78.3 cm³/mol. The smallest absolute Gasteiger partial charge is 0.261 e. The Morgan fingerprint density at radius 3 is 3.05 bits per heavy atom. The molecule has 2 unspecified atom stereocenters. The fourth-order valence-electron chi connectivity index (χ4n) is 3.35. The summed E-state index contributed by atoms with van der Waals surface area (Å²) in [5.74, 6) is -0.302. The van der Waals surface area contributed by atoms with Gasteiger partial charge >= 0.3 is 0 Å². The highest BCUT2D eigenvalue weighted by Gasteiger charge is 2.49. The Hall–Kier alpha value is -1.65. The van der Waals surface area contributed by atoms with Crippen LogP contribution in [0.2, 0.25) is 0 Å². The van der Waals surface area contributed by atoms with Crippen LogP contribution >= 0.6 is 0 Å². The van der Waals surface area contributed by atoms with E-state index in [0.29, 0.717) is 6.42 Å². The fourth-order valence-corrected chi connectivity index (χ4v) is 3.35. The summed E-state index contributed by atoms with van der Waals surface area (Å²) in [6.45, 7) is 9.53. The minimum absolute atomic E-state index is 0.112. The number of anilines is 1. The van der Waals surface area contributed by atoms with Gasteiger partial charge in [0, 0.05) is 36.8 Å². The van der Waals surface area contributed by atoms with E-state index in [1.807, 2.05) is 25.1 Å². The minimum Gasteiger partial charge on any atom is -0.375 e. The number of nitrogens with one attached hydrogen (secondary N) is 1. The highest BCUT2D eigenvalue weighted by molar-refractivity contribution is 6.05. The van der Waals surface area contributed by atoms with Gasteiger partial charge in [0.2, 0.25) is 0 Å². The Kier molecular flexibility index (Phi) is 2.96. The van der Waals surface area contributed by atoms with Crippen molar-refractivity contribution in [3.05, 3.63) is 41.5 Å². The first kappa shape index (κ1) is 13.3. The van der Waals surface area contributed by atoms with E-state index in [1.54, 1.807) is 0 Å². The van der Waals surface area contributed by atoms with Crippen molar-refractivity contribution in [1.82, 2.24) is 4.90 Å². The SMILES string of the molecule is C=C(C)CN1Cc2cccc3c2C(O)(CC1C)C(=O)N3. The lowest BCUT2D eigenvalue weighted by molar-refractivity contribution is -0.135. The molecule has 2 atom stereocenters. The number of rotatable bonds is 2. The molecule has 106 valence electrons. The van der Waals surface area contributed by atoms with E-state index in [4.69, 9.17) is 0 Å². The minimum atomic E-state index is -1.39. The molecule has 0 spiro atoms. The van der Waals surface area contributed by atoms with Gasteiger partial charge in [-0.1, -0.05) is 24.3 Å². The van der Waals surface area contributed by atoms with E-state index in [9.17, 15) is 9.90 Å². The number of aliphatic hydroxyl groups is 1. The fraction of sp³-hybridized carbons (Fsp3) is 0.438. The first-order valence-corrected chi connectivity index (χ1v) is 6.96. The molecule has 4 heteroatoms. The van der Waals surface area contributed by atoms with Crippen molar-refractivity contribution in [2.45, 2.75) is 38.5 Å². The molecule has 3 rings (SSSR count). The first-order chi connectivity index (χ1) is 9.41. The summed E-state index contributed by atoms with van der Waals surface area (Å²) < 4.78 is 0. The zero-order chi connectivity index (χ0) is 14.5. The van der Waals surface area contributed by atoms with Crippen LogP contribution in [0.25, 0.3) is 0 Å².